The number of hydrogen-bond donors (Lipinski definition) is 0. The van der Waals surface area contributed by atoms with Gasteiger partial charge in [0, 0.05) is 20.7 Å². The highest BCUT2D eigenvalue weighted by Gasteiger charge is 2.51. The molecule has 1 heterocycles. The van der Waals surface area contributed by atoms with Crippen LogP contribution in [0.3, 0.4) is 0 Å². The zero-order chi connectivity index (χ0) is 27.4. The third-order valence-corrected chi connectivity index (χ3v) is 10.8. The number of hydrogen-bond acceptors (Lipinski definition) is 1. The van der Waals surface area contributed by atoms with Crippen LogP contribution in [0.15, 0.2) is 155 Å². The molecular formula is C41H24S. The van der Waals surface area contributed by atoms with Crippen LogP contribution in [0.4, 0.5) is 0 Å². The lowest BCUT2D eigenvalue weighted by Gasteiger charge is -2.30. The van der Waals surface area contributed by atoms with Crippen LogP contribution < -0.4 is 0 Å². The first-order chi connectivity index (χ1) is 20.8. The van der Waals surface area contributed by atoms with Crippen molar-refractivity contribution in [3.63, 3.8) is 0 Å². The van der Waals surface area contributed by atoms with Gasteiger partial charge in [0.25, 0.3) is 0 Å². The van der Waals surface area contributed by atoms with Gasteiger partial charge in [-0.1, -0.05) is 139 Å². The molecule has 1 aliphatic heterocycles. The zero-order valence-electron chi connectivity index (χ0n) is 22.8. The van der Waals surface area contributed by atoms with Gasteiger partial charge in [0.2, 0.25) is 0 Å². The van der Waals surface area contributed by atoms with Gasteiger partial charge in [0.1, 0.15) is 0 Å². The smallest absolute Gasteiger partial charge is 0.0725 e. The maximum atomic E-state index is 2.47. The molecule has 1 heteroatoms. The van der Waals surface area contributed by atoms with Gasteiger partial charge in [-0.15, -0.1) is 0 Å². The Kier molecular flexibility index (Phi) is 4.41. The number of rotatable bonds is 1. The molecule has 1 spiro atoms. The maximum Gasteiger partial charge on any atom is 0.0725 e. The van der Waals surface area contributed by atoms with Crippen molar-refractivity contribution in [2.45, 2.75) is 15.2 Å². The molecule has 3 aliphatic rings. The van der Waals surface area contributed by atoms with E-state index >= 15 is 0 Å². The summed E-state index contributed by atoms with van der Waals surface area (Å²) >= 11 is 1.90. The molecule has 0 nitrogen and oxygen atoms in total. The first kappa shape index (κ1) is 22.8. The van der Waals surface area contributed by atoms with Gasteiger partial charge in [-0.3, -0.25) is 0 Å². The predicted octanol–water partition coefficient (Wildman–Crippen LogP) is 11.0. The molecule has 0 fully saturated rings. The molecule has 7 aromatic rings. The molecule has 0 amide bonds. The molecule has 0 N–H and O–H groups in total. The van der Waals surface area contributed by atoms with E-state index in [1.165, 1.54) is 87.3 Å². The Morgan fingerprint density at radius 3 is 1.62 bits per heavy atom. The summed E-state index contributed by atoms with van der Waals surface area (Å²) in [6.07, 6.45) is 0. The molecular weight excluding hydrogens is 525 g/mol. The fourth-order valence-electron chi connectivity index (χ4n) is 8.12. The molecule has 194 valence electrons. The average Bonchev–Trinajstić information content (AvgIpc) is 3.52. The summed E-state index contributed by atoms with van der Waals surface area (Å²) in [7, 11) is 0. The lowest BCUT2D eigenvalue weighted by atomic mass is 9.70. The molecule has 0 radical (unpaired) electrons. The molecule has 0 bridgehead atoms. The molecule has 0 atom stereocenters. The minimum absolute atomic E-state index is 0.297. The molecule has 2 aliphatic carbocycles. The Balaban J connectivity index is 1.26. The summed E-state index contributed by atoms with van der Waals surface area (Å²) in [4.78, 5) is 2.67. The Bertz CT molecular complexity index is 2240. The fraction of sp³-hybridized carbons (Fsp3) is 0.0244. The minimum Gasteiger partial charge on any atom is -0.0888 e. The van der Waals surface area contributed by atoms with Crippen LogP contribution in [0, 0.1) is 0 Å². The number of fused-ring (bicyclic) bond motifs is 12. The Hall–Kier alpha value is -4.85. The van der Waals surface area contributed by atoms with Crippen LogP contribution in [-0.4, -0.2) is 0 Å². The summed E-state index contributed by atoms with van der Waals surface area (Å²) in [6, 6.07) is 54.6. The van der Waals surface area contributed by atoms with Gasteiger partial charge in [0.15, 0.2) is 0 Å². The molecule has 7 aromatic carbocycles. The monoisotopic (exact) mass is 548 g/mol. The second-order valence-corrected chi connectivity index (χ2v) is 12.7. The van der Waals surface area contributed by atoms with Crippen molar-refractivity contribution in [1.82, 2.24) is 0 Å². The van der Waals surface area contributed by atoms with E-state index in [4.69, 9.17) is 0 Å². The highest BCUT2D eigenvalue weighted by Crippen LogP contribution is 2.63. The average molecular weight is 549 g/mol. The van der Waals surface area contributed by atoms with Crippen molar-refractivity contribution in [3.05, 3.63) is 168 Å². The molecule has 42 heavy (non-hydrogen) atoms. The third kappa shape index (κ3) is 2.70. The molecule has 0 saturated carbocycles. The van der Waals surface area contributed by atoms with Crippen molar-refractivity contribution in [1.29, 1.82) is 0 Å². The van der Waals surface area contributed by atoms with Gasteiger partial charge in [-0.05, 0) is 84.8 Å². The van der Waals surface area contributed by atoms with Crippen LogP contribution in [0.25, 0.3) is 55.3 Å². The van der Waals surface area contributed by atoms with Crippen molar-refractivity contribution in [2.75, 3.05) is 0 Å². The highest BCUT2D eigenvalue weighted by atomic mass is 32.2. The first-order valence-electron chi connectivity index (χ1n) is 14.6. The van der Waals surface area contributed by atoms with E-state index in [0.717, 1.165) is 0 Å². The van der Waals surface area contributed by atoms with E-state index in [1.807, 2.05) is 11.8 Å². The summed E-state index contributed by atoms with van der Waals surface area (Å²) in [5.41, 5.74) is 15.9. The lowest BCUT2D eigenvalue weighted by Crippen LogP contribution is -2.25. The Morgan fingerprint density at radius 2 is 0.905 bits per heavy atom. The first-order valence-corrected chi connectivity index (χ1v) is 15.4. The fourth-order valence-corrected chi connectivity index (χ4v) is 9.30. The topological polar surface area (TPSA) is 0 Å². The summed E-state index contributed by atoms with van der Waals surface area (Å²) in [5.74, 6) is 0. The minimum atomic E-state index is -0.297. The maximum absolute atomic E-state index is 2.47. The largest absolute Gasteiger partial charge is 0.0888 e. The van der Waals surface area contributed by atoms with Crippen LogP contribution in [0.2, 0.25) is 0 Å². The summed E-state index contributed by atoms with van der Waals surface area (Å²) in [5, 5.41) is 2.68. The number of benzene rings is 7. The molecule has 0 saturated heterocycles. The van der Waals surface area contributed by atoms with Crippen molar-refractivity contribution in [2.24, 2.45) is 0 Å². The Morgan fingerprint density at radius 1 is 0.381 bits per heavy atom. The van der Waals surface area contributed by atoms with Crippen LogP contribution in [0.1, 0.15) is 22.3 Å². The molecule has 0 aromatic heterocycles. The van der Waals surface area contributed by atoms with Crippen LogP contribution >= 0.6 is 11.8 Å². The van der Waals surface area contributed by atoms with Crippen LogP contribution in [0.5, 0.6) is 0 Å². The predicted molar refractivity (Wildman–Crippen MR) is 175 cm³/mol. The summed E-state index contributed by atoms with van der Waals surface area (Å²) in [6.45, 7) is 0. The molecule has 10 rings (SSSR count). The van der Waals surface area contributed by atoms with Gasteiger partial charge >= 0.3 is 0 Å². The van der Waals surface area contributed by atoms with Gasteiger partial charge < -0.3 is 0 Å². The SMILES string of the molecule is c1ccc2c(c1)-c1ccccc1C21c2ccccc2-c2cc(-c3cccc4c3-c3cccc5cccc(c35)S4)ccc21. The summed E-state index contributed by atoms with van der Waals surface area (Å²) < 4.78 is 0. The van der Waals surface area contributed by atoms with Crippen molar-refractivity contribution >= 4 is 22.5 Å². The van der Waals surface area contributed by atoms with E-state index in [0.29, 0.717) is 0 Å². The van der Waals surface area contributed by atoms with Crippen molar-refractivity contribution in [3.8, 4) is 44.5 Å². The van der Waals surface area contributed by atoms with E-state index in [2.05, 4.69) is 146 Å². The quantitative estimate of drug-likeness (QED) is 0.197. The van der Waals surface area contributed by atoms with Crippen LogP contribution in [-0.2, 0) is 5.41 Å². The highest BCUT2D eigenvalue weighted by molar-refractivity contribution is 7.99. The van der Waals surface area contributed by atoms with Crippen molar-refractivity contribution < 1.29 is 0 Å². The Labute approximate surface area is 249 Å². The normalized spacial score (nSPS) is 14.3. The van der Waals surface area contributed by atoms with E-state index in [9.17, 15) is 0 Å². The second kappa shape index (κ2) is 8.12. The standard InChI is InChI=1S/C41H24S/c1-4-17-33-28(12-1)29-13-2-5-18-34(29)41(33)35-19-6-3-14-30(35)32-24-26(22-23-36(32)41)27-15-9-21-38-40(27)31-16-7-10-25-11-8-20-37(42-38)39(25)31/h1-24H. The van der Waals surface area contributed by atoms with Gasteiger partial charge in [-0.2, -0.15) is 0 Å². The third-order valence-electron chi connectivity index (χ3n) is 9.69. The molecule has 0 unspecified atom stereocenters. The van der Waals surface area contributed by atoms with Gasteiger partial charge in [0.05, 0.1) is 5.41 Å². The van der Waals surface area contributed by atoms with Gasteiger partial charge in [-0.25, -0.2) is 0 Å². The second-order valence-electron chi connectivity index (χ2n) is 11.6. The van der Waals surface area contributed by atoms with E-state index in [1.54, 1.807) is 0 Å². The van der Waals surface area contributed by atoms with E-state index < -0.39 is 0 Å². The zero-order valence-corrected chi connectivity index (χ0v) is 23.6. The lowest BCUT2D eigenvalue weighted by molar-refractivity contribution is 0.794. The van der Waals surface area contributed by atoms with E-state index in [-0.39, 0.29) is 5.41 Å².